The third kappa shape index (κ3) is 4.21. The molecule has 0 aliphatic carbocycles. The second kappa shape index (κ2) is 6.15. The molecule has 0 aliphatic heterocycles. The summed E-state index contributed by atoms with van der Waals surface area (Å²) in [6.07, 6.45) is 6.86. The lowest BCUT2D eigenvalue weighted by molar-refractivity contribution is 0.0838. The van der Waals surface area contributed by atoms with Gasteiger partial charge in [0.1, 0.15) is 21.1 Å². The highest BCUT2D eigenvalue weighted by molar-refractivity contribution is 14.1. The van der Waals surface area contributed by atoms with Crippen molar-refractivity contribution in [3.63, 3.8) is 0 Å². The van der Waals surface area contributed by atoms with Gasteiger partial charge in [-0.2, -0.15) is 5.10 Å². The predicted octanol–water partition coefficient (Wildman–Crippen LogP) is 3.36. The van der Waals surface area contributed by atoms with Crippen molar-refractivity contribution in [3.05, 3.63) is 21.0 Å². The third-order valence-corrected chi connectivity index (χ3v) is 4.90. The molecule has 0 N–H and O–H groups in total. The fourth-order valence-electron chi connectivity index (χ4n) is 1.55. The van der Waals surface area contributed by atoms with Crippen molar-refractivity contribution in [1.29, 1.82) is 0 Å². The van der Waals surface area contributed by atoms with Gasteiger partial charge >= 0.3 is 0 Å². The molecule has 0 bridgehead atoms. The Morgan fingerprint density at radius 1 is 1.37 bits per heavy atom. The van der Waals surface area contributed by atoms with Crippen LogP contribution in [0.1, 0.15) is 0 Å². The van der Waals surface area contributed by atoms with Crippen LogP contribution in [0.25, 0.3) is 11.0 Å². The first-order chi connectivity index (χ1) is 8.87. The zero-order chi connectivity index (χ0) is 14.0. The van der Waals surface area contributed by atoms with E-state index in [2.05, 4.69) is 51.4 Å². The van der Waals surface area contributed by atoms with Crippen LogP contribution in [0.2, 0.25) is 5.15 Å². The van der Waals surface area contributed by atoms with Crippen LogP contribution in [0.5, 0.6) is 0 Å². The average Bonchev–Trinajstić information content (AvgIpc) is 2.60. The second-order valence-corrected chi connectivity index (χ2v) is 11.1. The van der Waals surface area contributed by atoms with Crippen molar-refractivity contribution < 1.29 is 4.74 Å². The monoisotopic (exact) mass is 413 g/mol. The molecule has 2 rings (SSSR count). The van der Waals surface area contributed by atoms with Gasteiger partial charge in [0.25, 0.3) is 0 Å². The molecule has 0 saturated carbocycles. The van der Waals surface area contributed by atoms with Gasteiger partial charge in [0.2, 0.25) is 0 Å². The van der Waals surface area contributed by atoms with Gasteiger partial charge in [-0.05, 0) is 53.5 Å². The number of fused-ring (bicyclic) bond motifs is 1. The number of halogens is 2. The second-order valence-electron chi connectivity index (χ2n) is 5.12. The maximum Gasteiger partial charge on any atom is 0.149 e. The molecule has 19 heavy (non-hydrogen) atoms. The van der Waals surface area contributed by atoms with Crippen LogP contribution in [0, 0.1) is 3.70 Å². The molecule has 0 unspecified atom stereocenters. The van der Waals surface area contributed by atoms with Crippen LogP contribution >= 0.6 is 44.2 Å². The number of hydrogen-bond donors (Lipinski definition) is 0. The van der Waals surface area contributed by atoms with E-state index < -0.39 is 10.0 Å². The van der Waals surface area contributed by atoms with Crippen LogP contribution < -0.4 is 0 Å². The molecule has 7 heteroatoms. The van der Waals surface area contributed by atoms with Crippen LogP contribution in [0.3, 0.4) is 0 Å². The summed E-state index contributed by atoms with van der Waals surface area (Å²) in [6, 6.07) is 3.70. The van der Waals surface area contributed by atoms with Crippen LogP contribution in [-0.2, 0) is 11.5 Å². The number of hydrogen-bond acceptors (Lipinski definition) is 3. The van der Waals surface area contributed by atoms with Crippen molar-refractivity contribution in [3.8, 4) is 0 Å². The van der Waals surface area contributed by atoms with Gasteiger partial charge < -0.3 is 4.74 Å². The number of aromatic nitrogens is 3. The Morgan fingerprint density at radius 3 is 2.79 bits per heavy atom. The minimum absolute atomic E-state index is 0.457. The lowest BCUT2D eigenvalue weighted by Gasteiger charge is -2.24. The zero-order valence-corrected chi connectivity index (χ0v) is 14.9. The molecule has 0 aliphatic rings. The van der Waals surface area contributed by atoms with Crippen LogP contribution in [0.4, 0.5) is 0 Å². The van der Waals surface area contributed by atoms with Gasteiger partial charge in [0.05, 0.1) is 12.1 Å². The molecule has 2 aromatic rings. The molecule has 0 atom stereocenters. The van der Waals surface area contributed by atoms with E-state index in [9.17, 15) is 0 Å². The Labute approximate surface area is 133 Å². The maximum atomic E-state index is 5.90. The van der Waals surface area contributed by atoms with Gasteiger partial charge in [0, 0.05) is 5.75 Å². The third-order valence-electron chi connectivity index (χ3n) is 2.58. The van der Waals surface area contributed by atoms with Crippen molar-refractivity contribution in [2.75, 3.05) is 31.1 Å². The van der Waals surface area contributed by atoms with Crippen LogP contribution in [-0.4, -0.2) is 45.9 Å². The van der Waals surface area contributed by atoms with Gasteiger partial charge in [0.15, 0.2) is 0 Å². The quantitative estimate of drug-likeness (QED) is 0.429. The fourth-order valence-corrected chi connectivity index (χ4v) is 2.98. The summed E-state index contributed by atoms with van der Waals surface area (Å²) < 4.78 is 8.38. The van der Waals surface area contributed by atoms with E-state index in [1.165, 1.54) is 0 Å². The van der Waals surface area contributed by atoms with E-state index in [0.717, 1.165) is 27.1 Å². The van der Waals surface area contributed by atoms with E-state index in [1.807, 2.05) is 10.7 Å². The first-order valence-corrected chi connectivity index (χ1v) is 10.3. The zero-order valence-electron chi connectivity index (χ0n) is 11.2. The minimum atomic E-state index is -0.507. The van der Waals surface area contributed by atoms with E-state index >= 15 is 0 Å². The molecule has 0 saturated heterocycles. The molecule has 0 spiro atoms. The predicted molar refractivity (Wildman–Crippen MR) is 91.4 cm³/mol. The molecule has 0 aromatic carbocycles. The summed E-state index contributed by atoms with van der Waals surface area (Å²) in [5.74, 6) is 1.10. The molecular weight excluding hydrogens is 397 g/mol. The van der Waals surface area contributed by atoms with Gasteiger partial charge in [-0.1, -0.05) is 11.6 Å². The molecular formula is C12H17ClIN3OS. The summed E-state index contributed by atoms with van der Waals surface area (Å²) in [6.45, 7) is 1.22. The first kappa shape index (κ1) is 15.3. The molecule has 2 heterocycles. The Bertz CT molecular complexity index is 582. The highest BCUT2D eigenvalue weighted by Gasteiger charge is 2.10. The van der Waals surface area contributed by atoms with Crippen molar-refractivity contribution in [1.82, 2.24) is 14.8 Å². The molecule has 2 aromatic heterocycles. The summed E-state index contributed by atoms with van der Waals surface area (Å²) in [5, 5.41) is 4.92. The highest BCUT2D eigenvalue weighted by Crippen LogP contribution is 2.33. The number of nitrogens with zero attached hydrogens (tertiary/aromatic N) is 3. The Hall–Kier alpha value is -0.0500. The van der Waals surface area contributed by atoms with Crippen molar-refractivity contribution in [2.45, 2.75) is 6.73 Å². The molecule has 0 amide bonds. The SMILES string of the molecule is CS(C)(C)CCOCn1nc(I)c2nc(Cl)ccc21. The molecule has 106 valence electrons. The van der Waals surface area contributed by atoms with Gasteiger partial charge in [-0.25, -0.2) is 19.7 Å². The van der Waals surface area contributed by atoms with E-state index in [4.69, 9.17) is 16.3 Å². The average molecular weight is 414 g/mol. The summed E-state index contributed by atoms with van der Waals surface area (Å²) in [4.78, 5) is 4.29. The topological polar surface area (TPSA) is 39.9 Å². The molecule has 0 radical (unpaired) electrons. The Morgan fingerprint density at radius 2 is 2.11 bits per heavy atom. The smallest absolute Gasteiger partial charge is 0.149 e. The Kier molecular flexibility index (Phi) is 4.97. The Balaban J connectivity index is 2.05. The minimum Gasteiger partial charge on any atom is -0.358 e. The van der Waals surface area contributed by atoms with Crippen molar-refractivity contribution in [2.24, 2.45) is 0 Å². The van der Waals surface area contributed by atoms with E-state index in [0.29, 0.717) is 11.9 Å². The van der Waals surface area contributed by atoms with E-state index in [-0.39, 0.29) is 0 Å². The highest BCUT2D eigenvalue weighted by atomic mass is 127. The summed E-state index contributed by atoms with van der Waals surface area (Å²) in [5.41, 5.74) is 1.79. The first-order valence-electron chi connectivity index (χ1n) is 5.79. The van der Waals surface area contributed by atoms with Crippen LogP contribution in [0.15, 0.2) is 12.1 Å². The maximum absolute atomic E-state index is 5.90. The number of rotatable bonds is 5. The van der Waals surface area contributed by atoms with Gasteiger partial charge in [-0.3, -0.25) is 0 Å². The van der Waals surface area contributed by atoms with Crippen molar-refractivity contribution >= 4 is 55.3 Å². The van der Waals surface area contributed by atoms with E-state index in [1.54, 1.807) is 6.07 Å². The molecule has 4 nitrogen and oxygen atoms in total. The largest absolute Gasteiger partial charge is 0.358 e. The summed E-state index contributed by atoms with van der Waals surface area (Å²) in [7, 11) is -0.507. The lowest BCUT2D eigenvalue weighted by Crippen LogP contribution is -2.10. The van der Waals surface area contributed by atoms with Gasteiger partial charge in [-0.15, -0.1) is 0 Å². The lowest BCUT2D eigenvalue weighted by atomic mass is 10.4. The fraction of sp³-hybridized carbons (Fsp3) is 0.500. The number of pyridine rings is 1. The number of ether oxygens (including phenoxy) is 1. The molecule has 0 fully saturated rings. The summed E-state index contributed by atoms with van der Waals surface area (Å²) >= 11 is 8.06. The standard InChI is InChI=1S/C12H17ClIN3OS/c1-19(2,3)7-6-18-8-17-9-4-5-10(13)15-11(9)12(14)16-17/h4-5H,6-8H2,1-3H3. The normalized spacial score (nSPS) is 13.1.